The first kappa shape index (κ1) is 23.7. The summed E-state index contributed by atoms with van der Waals surface area (Å²) in [7, 11) is 0. The van der Waals surface area contributed by atoms with Crippen molar-refractivity contribution in [3.05, 3.63) is 115 Å². The number of fused-ring (bicyclic) bond motifs is 2. The Kier molecular flexibility index (Phi) is 6.05. The Balaban J connectivity index is 1.65. The molecule has 1 aromatic heterocycles. The number of benzene rings is 3. The van der Waals surface area contributed by atoms with Gasteiger partial charge in [-0.2, -0.15) is 0 Å². The summed E-state index contributed by atoms with van der Waals surface area (Å²) in [6, 6.07) is 20.6. The number of esters is 1. The molecule has 0 radical (unpaired) electrons. The quantitative estimate of drug-likeness (QED) is 0.401. The van der Waals surface area contributed by atoms with Crippen LogP contribution < -0.4 is 24.4 Å². The Morgan fingerprint density at radius 1 is 1.11 bits per heavy atom. The molecule has 3 heterocycles. The van der Waals surface area contributed by atoms with Crippen LogP contribution in [0.2, 0.25) is 0 Å². The second-order valence-corrected chi connectivity index (χ2v) is 9.65. The highest BCUT2D eigenvalue weighted by atomic mass is 32.1. The predicted molar refractivity (Wildman–Crippen MR) is 142 cm³/mol. The molecule has 2 aliphatic heterocycles. The van der Waals surface area contributed by atoms with E-state index in [0.717, 1.165) is 5.56 Å². The summed E-state index contributed by atoms with van der Waals surface area (Å²) in [5.74, 6) is 0.668. The van der Waals surface area contributed by atoms with E-state index in [2.05, 4.69) is 0 Å². The van der Waals surface area contributed by atoms with Gasteiger partial charge < -0.3 is 19.3 Å². The standard InChI is InChI=1S/C29H22N2O6S/c1-2-35-28(34)24-25(18-8-4-3-5-9-18)30-29-31(26(24)19-11-12-21-22(15-19)37-16-36-21)27(33)23(38-29)14-17-7-6-10-20(32)13-17/h3-15,26,32H,2,16H2,1H3/b23-14+. The molecule has 6 rings (SSSR count). The molecule has 0 saturated carbocycles. The third-order valence-electron chi connectivity index (χ3n) is 6.25. The van der Waals surface area contributed by atoms with Gasteiger partial charge in [0.1, 0.15) is 5.75 Å². The predicted octanol–water partition coefficient (Wildman–Crippen LogP) is 3.37. The number of rotatable bonds is 5. The number of ether oxygens (including phenoxy) is 3. The fraction of sp³-hybridized carbons (Fsp3) is 0.138. The first-order chi connectivity index (χ1) is 18.5. The van der Waals surface area contributed by atoms with Gasteiger partial charge in [0, 0.05) is 5.56 Å². The van der Waals surface area contributed by atoms with E-state index in [9.17, 15) is 14.7 Å². The molecule has 4 aromatic rings. The lowest BCUT2D eigenvalue weighted by atomic mass is 9.93. The molecule has 0 bridgehead atoms. The van der Waals surface area contributed by atoms with Gasteiger partial charge in [-0.15, -0.1) is 0 Å². The van der Waals surface area contributed by atoms with E-state index < -0.39 is 12.0 Å². The zero-order chi connectivity index (χ0) is 26.2. The van der Waals surface area contributed by atoms with Crippen LogP contribution in [0, 0.1) is 0 Å². The van der Waals surface area contributed by atoms with Gasteiger partial charge in [-0.25, -0.2) is 9.79 Å². The molecule has 3 aromatic carbocycles. The van der Waals surface area contributed by atoms with Crippen molar-refractivity contribution in [1.82, 2.24) is 4.57 Å². The first-order valence-electron chi connectivity index (χ1n) is 12.0. The summed E-state index contributed by atoms with van der Waals surface area (Å²) >= 11 is 1.22. The number of phenolic OH excluding ortho intramolecular Hbond substituents is 1. The van der Waals surface area contributed by atoms with E-state index in [1.54, 1.807) is 49.4 Å². The van der Waals surface area contributed by atoms with Gasteiger partial charge in [-0.1, -0.05) is 59.9 Å². The van der Waals surface area contributed by atoms with Crippen LogP contribution in [0.5, 0.6) is 17.2 Å². The van der Waals surface area contributed by atoms with Crippen molar-refractivity contribution in [1.29, 1.82) is 0 Å². The van der Waals surface area contributed by atoms with Crippen LogP contribution >= 0.6 is 11.3 Å². The fourth-order valence-electron chi connectivity index (χ4n) is 4.60. The monoisotopic (exact) mass is 526 g/mol. The van der Waals surface area contributed by atoms with E-state index >= 15 is 0 Å². The average molecular weight is 527 g/mol. The van der Waals surface area contributed by atoms with Crippen LogP contribution in [-0.4, -0.2) is 29.0 Å². The molecule has 9 heteroatoms. The van der Waals surface area contributed by atoms with Crippen LogP contribution in [0.15, 0.2) is 88.2 Å². The maximum Gasteiger partial charge on any atom is 0.338 e. The molecule has 0 fully saturated rings. The largest absolute Gasteiger partial charge is 0.508 e. The third-order valence-corrected chi connectivity index (χ3v) is 7.24. The summed E-state index contributed by atoms with van der Waals surface area (Å²) in [5.41, 5.74) is 2.44. The molecule has 0 aliphatic carbocycles. The van der Waals surface area contributed by atoms with Crippen molar-refractivity contribution in [3.63, 3.8) is 0 Å². The Bertz CT molecular complexity index is 1770. The summed E-state index contributed by atoms with van der Waals surface area (Å²) < 4.78 is 18.5. The van der Waals surface area contributed by atoms with Crippen molar-refractivity contribution in [2.45, 2.75) is 13.0 Å². The van der Waals surface area contributed by atoms with Crippen LogP contribution in [-0.2, 0) is 9.53 Å². The van der Waals surface area contributed by atoms with Gasteiger partial charge in [0.05, 0.1) is 28.5 Å². The maximum absolute atomic E-state index is 13.9. The Hall–Kier alpha value is -4.63. The minimum Gasteiger partial charge on any atom is -0.508 e. The minimum absolute atomic E-state index is 0.0979. The molecule has 190 valence electrons. The van der Waals surface area contributed by atoms with Crippen molar-refractivity contribution in [2.75, 3.05) is 13.4 Å². The van der Waals surface area contributed by atoms with Crippen molar-refractivity contribution < 1.29 is 24.1 Å². The number of carbonyl (C=O) groups excluding carboxylic acids is 1. The Labute approximate surface area is 221 Å². The molecule has 38 heavy (non-hydrogen) atoms. The number of carbonyl (C=O) groups is 1. The fourth-order valence-corrected chi connectivity index (χ4v) is 5.61. The number of hydrogen-bond acceptors (Lipinski definition) is 8. The molecule has 0 saturated heterocycles. The van der Waals surface area contributed by atoms with Gasteiger partial charge in [-0.05, 0) is 48.4 Å². The number of aromatic nitrogens is 1. The molecule has 1 unspecified atom stereocenters. The lowest BCUT2D eigenvalue weighted by molar-refractivity contribution is -0.138. The Morgan fingerprint density at radius 3 is 2.71 bits per heavy atom. The molecule has 2 aliphatic rings. The smallest absolute Gasteiger partial charge is 0.338 e. The maximum atomic E-state index is 13.9. The molecule has 8 nitrogen and oxygen atoms in total. The number of thiazole rings is 1. The number of phenols is 1. The van der Waals surface area contributed by atoms with E-state index in [1.807, 2.05) is 36.4 Å². The van der Waals surface area contributed by atoms with E-state index in [4.69, 9.17) is 19.2 Å². The van der Waals surface area contributed by atoms with Crippen LogP contribution in [0.1, 0.15) is 29.7 Å². The third kappa shape index (κ3) is 4.16. The van der Waals surface area contributed by atoms with E-state index in [0.29, 0.717) is 37.7 Å². The van der Waals surface area contributed by atoms with Gasteiger partial charge >= 0.3 is 5.97 Å². The highest BCUT2D eigenvalue weighted by Crippen LogP contribution is 2.40. The summed E-state index contributed by atoms with van der Waals surface area (Å²) in [6.07, 6.45) is 1.70. The van der Waals surface area contributed by atoms with Crippen LogP contribution in [0.3, 0.4) is 0 Å². The molecule has 1 atom stereocenters. The molecular weight excluding hydrogens is 504 g/mol. The topological polar surface area (TPSA) is 99.4 Å². The molecule has 0 spiro atoms. The molecular formula is C29H22N2O6S. The van der Waals surface area contributed by atoms with Crippen LogP contribution in [0.4, 0.5) is 0 Å². The van der Waals surface area contributed by atoms with Gasteiger partial charge in [0.25, 0.3) is 5.56 Å². The zero-order valence-electron chi connectivity index (χ0n) is 20.3. The second kappa shape index (κ2) is 9.68. The highest BCUT2D eigenvalue weighted by Gasteiger charge is 2.36. The zero-order valence-corrected chi connectivity index (χ0v) is 21.1. The van der Waals surface area contributed by atoms with Crippen molar-refractivity contribution in [3.8, 4) is 17.2 Å². The summed E-state index contributed by atoms with van der Waals surface area (Å²) in [5, 5.41) is 9.90. The average Bonchev–Trinajstić information content (AvgIpc) is 3.52. The lowest BCUT2D eigenvalue weighted by Crippen LogP contribution is -2.40. The molecule has 0 amide bonds. The number of aromatic hydroxyl groups is 1. The second-order valence-electron chi connectivity index (χ2n) is 8.64. The van der Waals surface area contributed by atoms with Gasteiger partial charge in [-0.3, -0.25) is 9.36 Å². The SMILES string of the molecule is CCOC(=O)C1=C(c2ccccc2)N=c2s/c(=C/c3cccc(O)c3)c(=O)n2C1c1ccc2c(c1)OCO2. The van der Waals surface area contributed by atoms with Crippen molar-refractivity contribution in [2.24, 2.45) is 4.99 Å². The normalized spacial score (nSPS) is 16.2. The van der Waals surface area contributed by atoms with Crippen molar-refractivity contribution >= 4 is 29.1 Å². The molecule has 1 N–H and O–H groups in total. The van der Waals surface area contributed by atoms with E-state index in [-0.39, 0.29) is 30.3 Å². The highest BCUT2D eigenvalue weighted by molar-refractivity contribution is 7.07. The van der Waals surface area contributed by atoms with Crippen LogP contribution in [0.25, 0.3) is 11.8 Å². The number of hydrogen-bond donors (Lipinski definition) is 1. The number of nitrogens with zero attached hydrogens (tertiary/aromatic N) is 2. The van der Waals surface area contributed by atoms with Gasteiger partial charge in [0.15, 0.2) is 16.3 Å². The first-order valence-corrected chi connectivity index (χ1v) is 12.8. The summed E-state index contributed by atoms with van der Waals surface area (Å²) in [4.78, 5) is 32.7. The Morgan fingerprint density at radius 2 is 1.92 bits per heavy atom. The summed E-state index contributed by atoms with van der Waals surface area (Å²) in [6.45, 7) is 2.00. The van der Waals surface area contributed by atoms with E-state index in [1.165, 1.54) is 15.9 Å². The lowest BCUT2D eigenvalue weighted by Gasteiger charge is -2.26. The van der Waals surface area contributed by atoms with Gasteiger partial charge in [0.2, 0.25) is 6.79 Å². The minimum atomic E-state index is -0.818.